The average Bonchev–Trinajstić information content (AvgIpc) is 2.86. The Morgan fingerprint density at radius 1 is 1.12 bits per heavy atom. The average molecular weight is 414 g/mol. The molecule has 0 unspecified atom stereocenters. The Hall–Kier alpha value is -2.60. The molecule has 0 aliphatic carbocycles. The number of carbonyl (C=O) groups excluding carboxylic acids is 2. The van der Waals surface area contributed by atoms with Crippen molar-refractivity contribution >= 4 is 44.3 Å². The Bertz CT molecular complexity index is 992. The van der Waals surface area contributed by atoms with Gasteiger partial charge in [0.05, 0.1) is 0 Å². The lowest BCUT2D eigenvalue weighted by atomic mass is 10.2. The van der Waals surface area contributed by atoms with Gasteiger partial charge in [-0.15, -0.1) is 0 Å². The van der Waals surface area contributed by atoms with Crippen molar-refractivity contribution in [3.05, 3.63) is 64.3 Å². The van der Waals surface area contributed by atoms with E-state index in [-0.39, 0.29) is 18.4 Å². The highest BCUT2D eigenvalue weighted by atomic mass is 79.9. The number of nitrogens with zero attached hydrogens (tertiary/aromatic N) is 2. The second kappa shape index (κ2) is 7.33. The third kappa shape index (κ3) is 3.51. The van der Waals surface area contributed by atoms with E-state index in [9.17, 15) is 9.59 Å². The fourth-order valence-corrected chi connectivity index (χ4v) is 3.47. The van der Waals surface area contributed by atoms with Crippen LogP contribution < -0.4 is 5.32 Å². The molecule has 0 bridgehead atoms. The van der Waals surface area contributed by atoms with Gasteiger partial charge in [0.25, 0.3) is 5.91 Å². The summed E-state index contributed by atoms with van der Waals surface area (Å²) in [6.45, 7) is 2.18. The molecular formula is C20H20BrN3O2. The van der Waals surface area contributed by atoms with Crippen LogP contribution >= 0.6 is 15.9 Å². The summed E-state index contributed by atoms with van der Waals surface area (Å²) in [6.07, 6.45) is 0. The molecular weight excluding hydrogens is 394 g/mol. The number of para-hydroxylation sites is 1. The summed E-state index contributed by atoms with van der Waals surface area (Å²) in [7, 11) is 3.40. The first-order valence-corrected chi connectivity index (χ1v) is 9.02. The summed E-state index contributed by atoms with van der Waals surface area (Å²) in [6, 6.07) is 14.9. The van der Waals surface area contributed by atoms with E-state index in [0.717, 1.165) is 21.1 Å². The van der Waals surface area contributed by atoms with E-state index in [4.69, 9.17) is 0 Å². The second-order valence-corrected chi connectivity index (χ2v) is 7.12. The molecule has 0 fully saturated rings. The number of anilines is 1. The lowest BCUT2D eigenvalue weighted by Gasteiger charge is -2.12. The number of halogens is 1. The highest BCUT2D eigenvalue weighted by Gasteiger charge is 2.15. The number of hydrogen-bond acceptors (Lipinski definition) is 2. The smallest absolute Gasteiger partial charge is 0.253 e. The number of aromatic nitrogens is 1. The van der Waals surface area contributed by atoms with E-state index in [0.29, 0.717) is 11.3 Å². The molecule has 134 valence electrons. The monoisotopic (exact) mass is 413 g/mol. The number of fused-ring (bicyclic) bond motifs is 1. The molecule has 3 rings (SSSR count). The van der Waals surface area contributed by atoms with Gasteiger partial charge in [0, 0.05) is 46.4 Å². The molecule has 1 heterocycles. The van der Waals surface area contributed by atoms with Crippen molar-refractivity contribution in [2.75, 3.05) is 19.4 Å². The number of amides is 2. The molecule has 0 atom stereocenters. The SMILES string of the molecule is Cc1c(Br)c2ccccc2n1CC(=O)Nc1cccc(C(=O)N(C)C)c1. The van der Waals surface area contributed by atoms with Crippen LogP contribution in [-0.4, -0.2) is 35.4 Å². The fraction of sp³-hybridized carbons (Fsp3) is 0.200. The molecule has 0 radical (unpaired) electrons. The lowest BCUT2D eigenvalue weighted by molar-refractivity contribution is -0.116. The Balaban J connectivity index is 1.81. The van der Waals surface area contributed by atoms with Gasteiger partial charge < -0.3 is 14.8 Å². The maximum absolute atomic E-state index is 12.6. The summed E-state index contributed by atoms with van der Waals surface area (Å²) in [5.74, 6) is -0.243. The van der Waals surface area contributed by atoms with E-state index in [1.807, 2.05) is 35.8 Å². The van der Waals surface area contributed by atoms with Crippen molar-refractivity contribution < 1.29 is 9.59 Å². The number of benzene rings is 2. The zero-order chi connectivity index (χ0) is 18.8. The van der Waals surface area contributed by atoms with Gasteiger partial charge in [-0.1, -0.05) is 24.3 Å². The van der Waals surface area contributed by atoms with Gasteiger partial charge in [-0.3, -0.25) is 9.59 Å². The second-order valence-electron chi connectivity index (χ2n) is 6.33. The molecule has 6 heteroatoms. The van der Waals surface area contributed by atoms with Gasteiger partial charge in [-0.25, -0.2) is 0 Å². The minimum atomic E-state index is -0.143. The van der Waals surface area contributed by atoms with Crippen LogP contribution in [0.1, 0.15) is 16.1 Å². The van der Waals surface area contributed by atoms with Gasteiger partial charge in [-0.05, 0) is 47.1 Å². The fourth-order valence-electron chi connectivity index (χ4n) is 2.92. The zero-order valence-electron chi connectivity index (χ0n) is 14.9. The molecule has 5 nitrogen and oxygen atoms in total. The molecule has 0 saturated heterocycles. The van der Waals surface area contributed by atoms with E-state index in [1.165, 1.54) is 4.90 Å². The largest absolute Gasteiger partial charge is 0.345 e. The number of hydrogen-bond donors (Lipinski definition) is 1. The first kappa shape index (κ1) is 18.2. The maximum atomic E-state index is 12.6. The number of carbonyl (C=O) groups is 2. The van der Waals surface area contributed by atoms with Crippen molar-refractivity contribution in [3.63, 3.8) is 0 Å². The molecule has 2 aromatic carbocycles. The normalized spacial score (nSPS) is 10.8. The number of nitrogens with one attached hydrogen (secondary N) is 1. The van der Waals surface area contributed by atoms with Crippen molar-refractivity contribution in [3.8, 4) is 0 Å². The van der Waals surface area contributed by atoms with Gasteiger partial charge in [-0.2, -0.15) is 0 Å². The predicted octanol–water partition coefficient (Wildman–Crippen LogP) is 4.05. The minimum absolute atomic E-state index is 0.0997. The molecule has 2 amide bonds. The zero-order valence-corrected chi connectivity index (χ0v) is 16.5. The van der Waals surface area contributed by atoms with Crippen LogP contribution in [-0.2, 0) is 11.3 Å². The van der Waals surface area contributed by atoms with Gasteiger partial charge in [0.15, 0.2) is 0 Å². The van der Waals surface area contributed by atoms with Crippen LogP contribution in [0.15, 0.2) is 53.0 Å². The van der Waals surface area contributed by atoms with Crippen LogP contribution in [0.2, 0.25) is 0 Å². The van der Waals surface area contributed by atoms with E-state index >= 15 is 0 Å². The summed E-state index contributed by atoms with van der Waals surface area (Å²) >= 11 is 3.60. The van der Waals surface area contributed by atoms with Crippen LogP contribution in [0, 0.1) is 6.92 Å². The summed E-state index contributed by atoms with van der Waals surface area (Å²) in [4.78, 5) is 26.1. The highest BCUT2D eigenvalue weighted by Crippen LogP contribution is 2.30. The molecule has 1 aromatic heterocycles. The van der Waals surface area contributed by atoms with Crippen molar-refractivity contribution in [1.29, 1.82) is 0 Å². The van der Waals surface area contributed by atoms with Crippen molar-refractivity contribution in [1.82, 2.24) is 9.47 Å². The summed E-state index contributed by atoms with van der Waals surface area (Å²) < 4.78 is 2.98. The summed E-state index contributed by atoms with van der Waals surface area (Å²) in [5.41, 5.74) is 3.15. The molecule has 1 N–H and O–H groups in total. The van der Waals surface area contributed by atoms with Crippen molar-refractivity contribution in [2.24, 2.45) is 0 Å². The highest BCUT2D eigenvalue weighted by molar-refractivity contribution is 9.10. The molecule has 0 aliphatic rings. The van der Waals surface area contributed by atoms with Crippen LogP contribution in [0.5, 0.6) is 0 Å². The molecule has 26 heavy (non-hydrogen) atoms. The molecule has 0 aliphatic heterocycles. The van der Waals surface area contributed by atoms with Crippen molar-refractivity contribution in [2.45, 2.75) is 13.5 Å². The topological polar surface area (TPSA) is 54.3 Å². The maximum Gasteiger partial charge on any atom is 0.253 e. The van der Waals surface area contributed by atoms with E-state index in [2.05, 4.69) is 21.2 Å². The Labute approximate surface area is 160 Å². The molecule has 0 spiro atoms. The minimum Gasteiger partial charge on any atom is -0.345 e. The third-order valence-electron chi connectivity index (χ3n) is 4.26. The van der Waals surface area contributed by atoms with Crippen LogP contribution in [0.4, 0.5) is 5.69 Å². The Morgan fingerprint density at radius 3 is 2.58 bits per heavy atom. The van der Waals surface area contributed by atoms with Crippen LogP contribution in [0.25, 0.3) is 10.9 Å². The van der Waals surface area contributed by atoms with E-state index in [1.54, 1.807) is 38.4 Å². The number of rotatable bonds is 4. The van der Waals surface area contributed by atoms with Gasteiger partial charge in [0.1, 0.15) is 6.54 Å². The van der Waals surface area contributed by atoms with Crippen LogP contribution in [0.3, 0.4) is 0 Å². The summed E-state index contributed by atoms with van der Waals surface area (Å²) in [5, 5.41) is 3.96. The molecule has 0 saturated carbocycles. The standard InChI is InChI=1S/C20H20BrN3O2/c1-13-19(21)16-9-4-5-10-17(16)24(13)12-18(25)22-15-8-6-7-14(11-15)20(26)23(2)3/h4-11H,12H2,1-3H3,(H,22,25). The first-order valence-electron chi connectivity index (χ1n) is 8.23. The quantitative estimate of drug-likeness (QED) is 0.701. The lowest BCUT2D eigenvalue weighted by Crippen LogP contribution is -2.22. The first-order chi connectivity index (χ1) is 12.4. The van der Waals surface area contributed by atoms with Gasteiger partial charge in [0.2, 0.25) is 5.91 Å². The predicted molar refractivity (Wildman–Crippen MR) is 107 cm³/mol. The Morgan fingerprint density at radius 2 is 1.85 bits per heavy atom. The molecule has 3 aromatic rings. The van der Waals surface area contributed by atoms with E-state index < -0.39 is 0 Å². The third-order valence-corrected chi connectivity index (χ3v) is 5.26. The van der Waals surface area contributed by atoms with Gasteiger partial charge >= 0.3 is 0 Å². The Kier molecular flexibility index (Phi) is 5.13.